The van der Waals surface area contributed by atoms with Gasteiger partial charge in [-0.15, -0.1) is 0 Å². The monoisotopic (exact) mass is 611 g/mol. The molecule has 0 radical (unpaired) electrons. The van der Waals surface area contributed by atoms with Crippen molar-refractivity contribution < 1.29 is 32.1 Å². The molecule has 1 heterocycles. The number of hydrogen-bond acceptors (Lipinski definition) is 7. The van der Waals surface area contributed by atoms with E-state index in [1.54, 1.807) is 23.1 Å². The van der Waals surface area contributed by atoms with Crippen LogP contribution in [-0.2, 0) is 24.5 Å². The van der Waals surface area contributed by atoms with Gasteiger partial charge in [0, 0.05) is 41.3 Å². The number of allylic oxidation sites excluding steroid dienone is 4. The van der Waals surface area contributed by atoms with Crippen LogP contribution in [0.15, 0.2) is 69.9 Å². The molecule has 2 aromatic carbocycles. The summed E-state index contributed by atoms with van der Waals surface area (Å²) in [7, 11) is -4.16. The number of carboxylic acids is 1. The Morgan fingerprint density at radius 2 is 1.45 bits per heavy atom. The molecule has 222 valence electrons. The topological polar surface area (TPSA) is 118 Å². The smallest absolute Gasteiger partial charge is 0.339 e. The average molecular weight is 612 g/mol. The first-order chi connectivity index (χ1) is 19.5. The Bertz CT molecular complexity index is 1630. The van der Waals surface area contributed by atoms with Crippen molar-refractivity contribution in [3.05, 3.63) is 81.2 Å². The van der Waals surface area contributed by atoms with E-state index in [0.29, 0.717) is 40.9 Å². The average Bonchev–Trinajstić information content (AvgIpc) is 2.84. The van der Waals surface area contributed by atoms with Crippen molar-refractivity contribution in [3.63, 3.8) is 0 Å². The normalized spacial score (nSPS) is 20.4. The van der Waals surface area contributed by atoms with Gasteiger partial charge in [0.05, 0.1) is 5.02 Å². The zero-order valence-corrected chi connectivity index (χ0v) is 25.9. The third-order valence-corrected chi connectivity index (χ3v) is 9.66. The first kappa shape index (κ1) is 30.0. The lowest BCUT2D eigenvalue weighted by atomic mass is 9.63. The van der Waals surface area contributed by atoms with Crippen molar-refractivity contribution in [1.29, 1.82) is 0 Å². The largest absolute Gasteiger partial charge is 0.480 e. The number of ketones is 2. The van der Waals surface area contributed by atoms with Gasteiger partial charge in [0.1, 0.15) is 11.4 Å². The van der Waals surface area contributed by atoms with Crippen LogP contribution >= 0.6 is 11.6 Å². The quantitative estimate of drug-likeness (QED) is 0.384. The standard InChI is InChI=1S/C32H34ClNO7S/c1-18-6-9-20(10-7-18)42(39,40)41-26-11-8-19(12-21(26)33)28-29-22(13-31(2,3)15-24(29)35)34(17-27(37)38)23-14-32(4,5)16-25(36)30(23)28/h6-12,28H,13-17H2,1-5H3,(H,37,38). The summed E-state index contributed by atoms with van der Waals surface area (Å²) in [5.74, 6) is -2.20. The molecular weight excluding hydrogens is 578 g/mol. The number of aryl methyl sites for hydroxylation is 1. The van der Waals surface area contributed by atoms with Gasteiger partial charge < -0.3 is 14.2 Å². The van der Waals surface area contributed by atoms with Crippen molar-refractivity contribution in [2.24, 2.45) is 10.8 Å². The highest BCUT2D eigenvalue weighted by Gasteiger charge is 2.49. The molecular formula is C32H34ClNO7S. The number of halogens is 1. The summed E-state index contributed by atoms with van der Waals surface area (Å²) in [5.41, 5.74) is 2.67. The Morgan fingerprint density at radius 3 is 1.93 bits per heavy atom. The summed E-state index contributed by atoms with van der Waals surface area (Å²) >= 11 is 6.60. The van der Waals surface area contributed by atoms with Crippen molar-refractivity contribution >= 4 is 39.3 Å². The van der Waals surface area contributed by atoms with E-state index in [4.69, 9.17) is 15.8 Å². The first-order valence-corrected chi connectivity index (χ1v) is 15.6. The molecule has 0 aromatic heterocycles. The first-order valence-electron chi connectivity index (χ1n) is 13.8. The zero-order chi connectivity index (χ0) is 30.8. The van der Waals surface area contributed by atoms with Crippen LogP contribution in [0.5, 0.6) is 5.75 Å². The number of carboxylic acid groups (broad SMARTS) is 1. The van der Waals surface area contributed by atoms with Crippen LogP contribution in [0.4, 0.5) is 0 Å². The van der Waals surface area contributed by atoms with Crippen molar-refractivity contribution in [2.45, 2.75) is 71.1 Å². The molecule has 0 atom stereocenters. The van der Waals surface area contributed by atoms with E-state index in [-0.39, 0.29) is 46.6 Å². The summed E-state index contributed by atoms with van der Waals surface area (Å²) in [4.78, 5) is 41.3. The lowest BCUT2D eigenvalue weighted by molar-refractivity contribution is -0.138. The Balaban J connectivity index is 1.64. The van der Waals surface area contributed by atoms with Gasteiger partial charge in [0.25, 0.3) is 0 Å². The summed E-state index contributed by atoms with van der Waals surface area (Å²) in [5, 5.41) is 9.85. The van der Waals surface area contributed by atoms with Gasteiger partial charge in [-0.2, -0.15) is 8.42 Å². The summed E-state index contributed by atoms with van der Waals surface area (Å²) in [6.45, 7) is 9.37. The number of rotatable bonds is 6. The highest BCUT2D eigenvalue weighted by molar-refractivity contribution is 7.87. The van der Waals surface area contributed by atoms with Gasteiger partial charge >= 0.3 is 16.1 Å². The number of carbonyl (C=O) groups is 3. The molecule has 10 heteroatoms. The minimum Gasteiger partial charge on any atom is -0.480 e. The van der Waals surface area contributed by atoms with Crippen LogP contribution in [0.2, 0.25) is 5.02 Å². The predicted octanol–water partition coefficient (Wildman–Crippen LogP) is 6.19. The van der Waals surface area contributed by atoms with Crippen molar-refractivity contribution in [3.8, 4) is 5.75 Å². The second kappa shape index (κ2) is 10.4. The second-order valence-corrected chi connectivity index (χ2v) is 15.0. The third-order valence-electron chi connectivity index (χ3n) is 8.11. The molecule has 8 nitrogen and oxygen atoms in total. The molecule has 0 fully saturated rings. The van der Waals surface area contributed by atoms with E-state index in [9.17, 15) is 27.9 Å². The summed E-state index contributed by atoms with van der Waals surface area (Å²) in [6.07, 6.45) is 1.42. The van der Waals surface area contributed by atoms with Crippen LogP contribution in [0.25, 0.3) is 0 Å². The lowest BCUT2D eigenvalue weighted by Crippen LogP contribution is -2.45. The fourth-order valence-corrected chi connectivity index (χ4v) is 7.56. The van der Waals surface area contributed by atoms with Crippen molar-refractivity contribution in [2.75, 3.05) is 6.54 Å². The van der Waals surface area contributed by atoms with Crippen LogP contribution in [-0.4, -0.2) is 42.5 Å². The number of benzene rings is 2. The highest BCUT2D eigenvalue weighted by atomic mass is 35.5. The third kappa shape index (κ3) is 5.64. The molecule has 0 spiro atoms. The van der Waals surface area contributed by atoms with Gasteiger partial charge in [-0.05, 0) is 60.4 Å². The zero-order valence-electron chi connectivity index (χ0n) is 24.3. The molecule has 0 bridgehead atoms. The van der Waals surface area contributed by atoms with E-state index < -0.39 is 32.8 Å². The molecule has 5 rings (SSSR count). The van der Waals surface area contributed by atoms with Crippen LogP contribution < -0.4 is 4.18 Å². The van der Waals surface area contributed by atoms with Gasteiger partial charge in [0.2, 0.25) is 0 Å². The molecule has 1 aliphatic heterocycles. The van der Waals surface area contributed by atoms with E-state index in [2.05, 4.69) is 0 Å². The number of nitrogens with zero attached hydrogens (tertiary/aromatic N) is 1. The fraction of sp³-hybridized carbons (Fsp3) is 0.406. The summed E-state index contributed by atoms with van der Waals surface area (Å²) < 4.78 is 31.2. The SMILES string of the molecule is Cc1ccc(S(=O)(=O)Oc2ccc(C3C4=C(CC(C)(C)CC4=O)N(CC(=O)O)C4=C3C(=O)CC(C)(C)C4)cc2Cl)cc1. The Hall–Kier alpha value is -3.43. The van der Waals surface area contributed by atoms with Gasteiger partial charge in [0.15, 0.2) is 17.3 Å². The molecule has 0 saturated heterocycles. The molecule has 0 unspecified atom stereocenters. The van der Waals surface area contributed by atoms with Gasteiger partial charge in [-0.1, -0.05) is 63.1 Å². The lowest BCUT2D eigenvalue weighted by Gasteiger charge is -2.48. The van der Waals surface area contributed by atoms with Gasteiger partial charge in [-0.3, -0.25) is 14.4 Å². The fourth-order valence-electron chi connectivity index (χ4n) is 6.34. The summed E-state index contributed by atoms with van der Waals surface area (Å²) in [6, 6.07) is 10.8. The van der Waals surface area contributed by atoms with Crippen molar-refractivity contribution in [1.82, 2.24) is 4.90 Å². The van der Waals surface area contributed by atoms with E-state index in [0.717, 1.165) is 5.56 Å². The van der Waals surface area contributed by atoms with E-state index in [1.807, 2.05) is 34.6 Å². The maximum Gasteiger partial charge on any atom is 0.339 e. The van der Waals surface area contributed by atoms with Crippen LogP contribution in [0, 0.1) is 17.8 Å². The molecule has 0 saturated carbocycles. The minimum absolute atomic E-state index is 0.00706. The minimum atomic E-state index is -4.16. The number of Topliss-reactive ketones (excluding diaryl/α,β-unsaturated/α-hetero) is 2. The molecule has 42 heavy (non-hydrogen) atoms. The second-order valence-electron chi connectivity index (χ2n) is 13.1. The van der Waals surface area contributed by atoms with E-state index in [1.165, 1.54) is 24.3 Å². The van der Waals surface area contributed by atoms with Gasteiger partial charge in [-0.25, -0.2) is 0 Å². The maximum atomic E-state index is 13.8. The molecule has 0 amide bonds. The number of hydrogen-bond donors (Lipinski definition) is 1. The highest BCUT2D eigenvalue weighted by Crippen LogP contribution is 2.54. The number of aliphatic carboxylic acids is 1. The Labute approximate surface area is 251 Å². The Morgan fingerprint density at radius 1 is 0.929 bits per heavy atom. The Kier molecular flexibility index (Phi) is 7.43. The van der Waals surface area contributed by atoms with Crippen LogP contribution in [0.1, 0.15) is 70.4 Å². The number of carbonyl (C=O) groups excluding carboxylic acids is 2. The molecule has 1 N–H and O–H groups in total. The van der Waals surface area contributed by atoms with Crippen LogP contribution in [0.3, 0.4) is 0 Å². The molecule has 2 aromatic rings. The molecule has 2 aliphatic carbocycles. The maximum absolute atomic E-state index is 13.8. The predicted molar refractivity (Wildman–Crippen MR) is 158 cm³/mol. The molecule has 3 aliphatic rings. The van der Waals surface area contributed by atoms with E-state index >= 15 is 0 Å².